The van der Waals surface area contributed by atoms with Gasteiger partial charge in [-0.1, -0.05) is 24.3 Å². The number of carbonyl (C=O) groups excluding carboxylic acids is 2. The maximum absolute atomic E-state index is 12.9. The molecule has 2 aliphatic heterocycles. The van der Waals surface area contributed by atoms with Crippen molar-refractivity contribution >= 4 is 35.3 Å². The highest BCUT2D eigenvalue weighted by atomic mass is 32.2. The summed E-state index contributed by atoms with van der Waals surface area (Å²) in [7, 11) is 0. The van der Waals surface area contributed by atoms with Crippen LogP contribution in [0.5, 0.6) is 0 Å². The van der Waals surface area contributed by atoms with Crippen molar-refractivity contribution in [3.05, 3.63) is 70.8 Å². The van der Waals surface area contributed by atoms with Gasteiger partial charge in [-0.3, -0.25) is 9.59 Å². The van der Waals surface area contributed by atoms with Crippen LogP contribution in [0.3, 0.4) is 0 Å². The number of halogens is 6. The average Bonchev–Trinajstić information content (AvgIpc) is 3.33. The summed E-state index contributed by atoms with van der Waals surface area (Å²) in [5.74, 6) is -0.0616. The van der Waals surface area contributed by atoms with E-state index in [1.165, 1.54) is 57.6 Å². The van der Waals surface area contributed by atoms with E-state index in [0.717, 1.165) is 24.3 Å². The van der Waals surface area contributed by atoms with Gasteiger partial charge in [0.25, 0.3) is 0 Å². The second kappa shape index (κ2) is 9.37. The number of hydrogen-bond acceptors (Lipinski definition) is 4. The Labute approximate surface area is 199 Å². The van der Waals surface area contributed by atoms with E-state index in [0.29, 0.717) is 11.1 Å². The van der Waals surface area contributed by atoms with Gasteiger partial charge in [-0.2, -0.15) is 26.3 Å². The monoisotopic (exact) mass is 520 g/mol. The van der Waals surface area contributed by atoms with Gasteiger partial charge >= 0.3 is 12.4 Å². The number of thioether (sulfide) groups is 2. The number of carbonyl (C=O) groups is 2. The number of amides is 2. The van der Waals surface area contributed by atoms with E-state index in [1.54, 1.807) is 0 Å². The fourth-order valence-corrected chi connectivity index (χ4v) is 6.27. The van der Waals surface area contributed by atoms with Crippen LogP contribution in [-0.4, -0.2) is 46.2 Å². The van der Waals surface area contributed by atoms with E-state index < -0.39 is 34.2 Å². The smallest absolute Gasteiger partial charge is 0.324 e. The molecule has 2 atom stereocenters. The zero-order valence-corrected chi connectivity index (χ0v) is 19.0. The minimum absolute atomic E-state index is 0.154. The first-order valence-corrected chi connectivity index (χ1v) is 12.2. The van der Waals surface area contributed by atoms with E-state index in [1.807, 2.05) is 0 Å². The number of alkyl halides is 6. The summed E-state index contributed by atoms with van der Waals surface area (Å²) in [5, 5.41) is -0.964. The highest BCUT2D eigenvalue weighted by molar-refractivity contribution is 8.00. The topological polar surface area (TPSA) is 40.6 Å². The minimum Gasteiger partial charge on any atom is -0.324 e. The normalized spacial score (nSPS) is 21.6. The summed E-state index contributed by atoms with van der Waals surface area (Å²) >= 11 is 2.58. The van der Waals surface area contributed by atoms with Crippen LogP contribution in [0.1, 0.15) is 33.0 Å². The number of hydrogen-bond donors (Lipinski definition) is 0. The van der Waals surface area contributed by atoms with Crippen molar-refractivity contribution in [2.75, 3.05) is 24.6 Å². The first-order chi connectivity index (χ1) is 15.9. The molecule has 2 aliphatic rings. The van der Waals surface area contributed by atoms with Crippen LogP contribution in [0.2, 0.25) is 0 Å². The molecule has 182 valence electrons. The molecule has 2 heterocycles. The standard InChI is InChI=1S/C22H18F6N2O2S2/c23-21(24,25)15-5-1-13(2-6-15)19-29(17(31)11-33-19)9-10-30-18(32)12-34-20(30)14-3-7-16(8-4-14)22(26,27)28/h1-8,19-20H,9-12H2/t19-,20+. The lowest BCUT2D eigenvalue weighted by Crippen LogP contribution is -2.39. The summed E-state index contributed by atoms with van der Waals surface area (Å²) in [5.41, 5.74) is -0.470. The van der Waals surface area contributed by atoms with Crippen molar-refractivity contribution in [2.45, 2.75) is 23.1 Å². The Hall–Kier alpha value is -2.34. The minimum atomic E-state index is -4.46. The number of nitrogens with zero attached hydrogens (tertiary/aromatic N) is 2. The second-order valence-electron chi connectivity index (χ2n) is 7.74. The molecule has 0 saturated carbocycles. The Morgan fingerprint density at radius 2 is 0.971 bits per heavy atom. The molecule has 0 N–H and O–H groups in total. The highest BCUT2D eigenvalue weighted by Gasteiger charge is 2.38. The summed E-state index contributed by atoms with van der Waals surface area (Å²) in [6, 6.07) is 9.25. The van der Waals surface area contributed by atoms with E-state index in [-0.39, 0.29) is 36.4 Å². The van der Waals surface area contributed by atoms with Crippen LogP contribution in [0, 0.1) is 0 Å². The quantitative estimate of drug-likeness (QED) is 0.484. The first kappa shape index (κ1) is 24.8. The molecule has 0 radical (unpaired) electrons. The zero-order valence-electron chi connectivity index (χ0n) is 17.4. The Morgan fingerprint density at radius 1 is 0.647 bits per heavy atom. The molecule has 12 heteroatoms. The molecular formula is C22H18F6N2O2S2. The highest BCUT2D eigenvalue weighted by Crippen LogP contribution is 2.42. The van der Waals surface area contributed by atoms with Crippen molar-refractivity contribution < 1.29 is 35.9 Å². The van der Waals surface area contributed by atoms with Gasteiger partial charge < -0.3 is 9.80 Å². The molecule has 0 bridgehead atoms. The van der Waals surface area contributed by atoms with Crippen molar-refractivity contribution in [1.29, 1.82) is 0 Å². The predicted octanol–water partition coefficient (Wildman–Crippen LogP) is 5.57. The van der Waals surface area contributed by atoms with Crippen LogP contribution >= 0.6 is 23.5 Å². The van der Waals surface area contributed by atoms with Crippen LogP contribution in [-0.2, 0) is 21.9 Å². The SMILES string of the molecule is O=C1CS[C@H](c2ccc(C(F)(F)F)cc2)N1CCN1C(=O)CS[C@H]1c1ccc(C(F)(F)F)cc1. The Bertz CT molecular complexity index is 972. The van der Waals surface area contributed by atoms with Gasteiger partial charge in [-0.05, 0) is 35.4 Å². The molecule has 2 aromatic carbocycles. The zero-order chi connectivity index (χ0) is 24.7. The van der Waals surface area contributed by atoms with Gasteiger partial charge in [0.2, 0.25) is 11.8 Å². The van der Waals surface area contributed by atoms with Gasteiger partial charge in [-0.25, -0.2) is 0 Å². The summed E-state index contributed by atoms with van der Waals surface area (Å²) in [6.45, 7) is 0.307. The lowest BCUT2D eigenvalue weighted by Gasteiger charge is -2.29. The molecule has 2 fully saturated rings. The largest absolute Gasteiger partial charge is 0.416 e. The number of rotatable bonds is 5. The number of benzene rings is 2. The Morgan fingerprint density at radius 3 is 1.26 bits per heavy atom. The van der Waals surface area contributed by atoms with E-state index in [2.05, 4.69) is 0 Å². The maximum Gasteiger partial charge on any atom is 0.416 e. The van der Waals surface area contributed by atoms with Crippen LogP contribution < -0.4 is 0 Å². The van der Waals surface area contributed by atoms with Crippen LogP contribution in [0.25, 0.3) is 0 Å². The second-order valence-corrected chi connectivity index (χ2v) is 9.88. The lowest BCUT2D eigenvalue weighted by atomic mass is 10.1. The van der Waals surface area contributed by atoms with E-state index in [9.17, 15) is 35.9 Å². The molecule has 34 heavy (non-hydrogen) atoms. The molecule has 0 unspecified atom stereocenters. The Kier molecular flexibility index (Phi) is 6.83. The molecule has 4 nitrogen and oxygen atoms in total. The lowest BCUT2D eigenvalue weighted by molar-refractivity contribution is -0.138. The molecule has 0 spiro atoms. The molecule has 4 rings (SSSR count). The van der Waals surface area contributed by atoms with Gasteiger partial charge in [0, 0.05) is 13.1 Å². The third kappa shape index (κ3) is 5.17. The first-order valence-electron chi connectivity index (χ1n) is 10.1. The third-order valence-electron chi connectivity index (χ3n) is 5.56. The van der Waals surface area contributed by atoms with Crippen molar-refractivity contribution in [3.8, 4) is 0 Å². The van der Waals surface area contributed by atoms with Gasteiger partial charge in [-0.15, -0.1) is 23.5 Å². The van der Waals surface area contributed by atoms with Crippen LogP contribution in [0.4, 0.5) is 26.3 Å². The fourth-order valence-electron chi connectivity index (χ4n) is 3.83. The third-order valence-corrected chi connectivity index (χ3v) is 8.08. The fraction of sp³-hybridized carbons (Fsp3) is 0.364. The van der Waals surface area contributed by atoms with Crippen molar-refractivity contribution in [1.82, 2.24) is 9.80 Å². The van der Waals surface area contributed by atoms with E-state index in [4.69, 9.17) is 0 Å². The predicted molar refractivity (Wildman–Crippen MR) is 117 cm³/mol. The molecular weight excluding hydrogens is 502 g/mol. The van der Waals surface area contributed by atoms with Gasteiger partial charge in [0.05, 0.1) is 22.6 Å². The summed E-state index contributed by atoms with van der Waals surface area (Å²) in [6.07, 6.45) is -8.92. The molecule has 2 saturated heterocycles. The molecule has 0 aliphatic carbocycles. The Balaban J connectivity index is 1.47. The average molecular weight is 521 g/mol. The molecule has 2 aromatic rings. The van der Waals surface area contributed by atoms with Crippen LogP contribution in [0.15, 0.2) is 48.5 Å². The van der Waals surface area contributed by atoms with Gasteiger partial charge in [0.15, 0.2) is 0 Å². The molecule has 0 aromatic heterocycles. The maximum atomic E-state index is 12.9. The van der Waals surface area contributed by atoms with Gasteiger partial charge in [0.1, 0.15) is 10.7 Å². The van der Waals surface area contributed by atoms with Crippen molar-refractivity contribution in [3.63, 3.8) is 0 Å². The summed E-state index contributed by atoms with van der Waals surface area (Å²) in [4.78, 5) is 28.0. The van der Waals surface area contributed by atoms with E-state index >= 15 is 0 Å². The van der Waals surface area contributed by atoms with Crippen molar-refractivity contribution in [2.24, 2.45) is 0 Å². The molecule has 2 amide bonds. The summed E-state index contributed by atoms with van der Waals surface area (Å²) < 4.78 is 77.1.